The van der Waals surface area contributed by atoms with Gasteiger partial charge in [-0.25, -0.2) is 0 Å². The molecule has 0 spiro atoms. The molecule has 112 valence electrons. The van der Waals surface area contributed by atoms with Crippen molar-refractivity contribution in [3.63, 3.8) is 0 Å². The third kappa shape index (κ3) is 2.33. The third-order valence-electron chi connectivity index (χ3n) is 4.44. The summed E-state index contributed by atoms with van der Waals surface area (Å²) in [5.41, 5.74) is 5.74. The van der Waals surface area contributed by atoms with Crippen molar-refractivity contribution >= 4 is 17.3 Å². The first-order valence-electron chi connectivity index (χ1n) is 7.02. The van der Waals surface area contributed by atoms with E-state index in [2.05, 4.69) is 0 Å². The molecule has 3 N–H and O–H groups in total. The van der Waals surface area contributed by atoms with E-state index in [9.17, 15) is 20.0 Å². The fourth-order valence-electron chi connectivity index (χ4n) is 3.58. The summed E-state index contributed by atoms with van der Waals surface area (Å²) >= 11 is 0. The lowest BCUT2D eigenvalue weighted by molar-refractivity contribution is -0.384. The highest BCUT2D eigenvalue weighted by Crippen LogP contribution is 2.42. The number of anilines is 1. The Morgan fingerprint density at radius 2 is 1.95 bits per heavy atom. The van der Waals surface area contributed by atoms with Gasteiger partial charge in [-0.1, -0.05) is 0 Å². The van der Waals surface area contributed by atoms with Crippen molar-refractivity contribution in [1.82, 2.24) is 0 Å². The number of nitro benzene ring substituents is 1. The van der Waals surface area contributed by atoms with E-state index in [1.54, 1.807) is 6.07 Å². The molecule has 2 unspecified atom stereocenters. The zero-order chi connectivity index (χ0) is 15.1. The van der Waals surface area contributed by atoms with Crippen LogP contribution in [0.1, 0.15) is 36.0 Å². The molecule has 7 heteroatoms. The van der Waals surface area contributed by atoms with Crippen LogP contribution < -0.4 is 10.6 Å². The molecular formula is C14H17N3O4. The number of piperidine rings is 1. The molecule has 21 heavy (non-hydrogen) atoms. The van der Waals surface area contributed by atoms with E-state index in [-0.39, 0.29) is 29.4 Å². The number of aliphatic hydroxyl groups excluding tert-OH is 1. The number of fused-ring (bicyclic) bond motifs is 2. The van der Waals surface area contributed by atoms with Gasteiger partial charge in [0.1, 0.15) is 5.69 Å². The van der Waals surface area contributed by atoms with Crippen LogP contribution in [-0.2, 0) is 0 Å². The number of nitro groups is 1. The summed E-state index contributed by atoms with van der Waals surface area (Å²) in [6.07, 6.45) is 2.78. The normalized spacial score (nSPS) is 27.7. The van der Waals surface area contributed by atoms with Crippen molar-refractivity contribution in [2.45, 2.75) is 43.9 Å². The Balaban J connectivity index is 2.02. The van der Waals surface area contributed by atoms with E-state index in [1.165, 1.54) is 12.1 Å². The maximum atomic E-state index is 11.3. The minimum absolute atomic E-state index is 0.0976. The van der Waals surface area contributed by atoms with Crippen molar-refractivity contribution < 1.29 is 14.8 Å². The first-order chi connectivity index (χ1) is 9.97. The zero-order valence-corrected chi connectivity index (χ0v) is 11.4. The molecular weight excluding hydrogens is 274 g/mol. The van der Waals surface area contributed by atoms with E-state index in [0.717, 1.165) is 12.8 Å². The van der Waals surface area contributed by atoms with Crippen molar-refractivity contribution in [2.75, 3.05) is 4.90 Å². The maximum absolute atomic E-state index is 11.3. The first-order valence-corrected chi connectivity index (χ1v) is 7.02. The van der Waals surface area contributed by atoms with Crippen LogP contribution in [0.3, 0.4) is 0 Å². The summed E-state index contributed by atoms with van der Waals surface area (Å²) < 4.78 is 0. The first kappa shape index (κ1) is 13.8. The van der Waals surface area contributed by atoms with Gasteiger partial charge in [0.2, 0.25) is 5.91 Å². The number of rotatable bonds is 3. The molecule has 1 amide bonds. The number of amides is 1. The molecule has 1 aromatic rings. The van der Waals surface area contributed by atoms with Crippen LogP contribution in [0.25, 0.3) is 0 Å². The van der Waals surface area contributed by atoms with E-state index >= 15 is 0 Å². The van der Waals surface area contributed by atoms with Gasteiger partial charge in [-0.15, -0.1) is 0 Å². The van der Waals surface area contributed by atoms with E-state index in [1.807, 2.05) is 4.90 Å². The van der Waals surface area contributed by atoms with E-state index in [4.69, 9.17) is 5.73 Å². The SMILES string of the molecule is NC(=O)c1ccc(N2C3CCC2CC(O)C3)c([N+](=O)[O-])c1. The van der Waals surface area contributed by atoms with Crippen LogP contribution in [0.15, 0.2) is 18.2 Å². The lowest BCUT2D eigenvalue weighted by Crippen LogP contribution is -2.45. The summed E-state index contributed by atoms with van der Waals surface area (Å²) in [5.74, 6) is -0.679. The molecule has 2 bridgehead atoms. The topological polar surface area (TPSA) is 110 Å². The minimum Gasteiger partial charge on any atom is -0.393 e. The van der Waals surface area contributed by atoms with E-state index < -0.39 is 10.8 Å². The maximum Gasteiger partial charge on any atom is 0.293 e. The fraction of sp³-hybridized carbons (Fsp3) is 0.500. The number of nitrogens with zero attached hydrogens (tertiary/aromatic N) is 2. The van der Waals surface area contributed by atoms with Gasteiger partial charge < -0.3 is 15.7 Å². The van der Waals surface area contributed by atoms with Gasteiger partial charge in [0.05, 0.1) is 11.0 Å². The second-order valence-corrected chi connectivity index (χ2v) is 5.74. The smallest absolute Gasteiger partial charge is 0.293 e. The van der Waals surface area contributed by atoms with Crippen LogP contribution in [0.4, 0.5) is 11.4 Å². The van der Waals surface area contributed by atoms with Crippen LogP contribution in [-0.4, -0.2) is 34.1 Å². The molecule has 2 saturated heterocycles. The number of carbonyl (C=O) groups is 1. The van der Waals surface area contributed by atoms with Crippen molar-refractivity contribution in [3.05, 3.63) is 33.9 Å². The molecule has 7 nitrogen and oxygen atoms in total. The van der Waals surface area contributed by atoms with Crippen LogP contribution in [0.5, 0.6) is 0 Å². The molecule has 3 rings (SSSR count). The predicted octanol–water partition coefficient (Wildman–Crippen LogP) is 1.19. The largest absolute Gasteiger partial charge is 0.393 e. The molecule has 0 radical (unpaired) electrons. The second kappa shape index (κ2) is 5.00. The molecule has 1 aromatic carbocycles. The second-order valence-electron chi connectivity index (χ2n) is 5.74. The average molecular weight is 291 g/mol. The number of hydrogen-bond donors (Lipinski definition) is 2. The fourth-order valence-corrected chi connectivity index (χ4v) is 3.58. The molecule has 2 aliphatic rings. The summed E-state index contributed by atoms with van der Waals surface area (Å²) in [5, 5.41) is 21.1. The number of nitrogens with two attached hydrogens (primary N) is 1. The Hall–Kier alpha value is -2.15. The quantitative estimate of drug-likeness (QED) is 0.642. The third-order valence-corrected chi connectivity index (χ3v) is 4.44. The highest BCUT2D eigenvalue weighted by Gasteiger charge is 2.42. The van der Waals surface area contributed by atoms with Gasteiger partial charge in [0, 0.05) is 23.7 Å². The molecule has 2 aliphatic heterocycles. The molecule has 0 aromatic heterocycles. The minimum atomic E-state index is -0.679. The van der Waals surface area contributed by atoms with Crippen molar-refractivity contribution in [3.8, 4) is 0 Å². The van der Waals surface area contributed by atoms with Gasteiger partial charge in [-0.2, -0.15) is 0 Å². The summed E-state index contributed by atoms with van der Waals surface area (Å²) in [6, 6.07) is 4.60. The Kier molecular flexibility index (Phi) is 3.29. The van der Waals surface area contributed by atoms with Crippen molar-refractivity contribution in [1.29, 1.82) is 0 Å². The highest BCUT2D eigenvalue weighted by molar-refractivity contribution is 5.94. The van der Waals surface area contributed by atoms with Gasteiger partial charge >= 0.3 is 0 Å². The Morgan fingerprint density at radius 1 is 1.33 bits per heavy atom. The Bertz CT molecular complexity index is 590. The summed E-state index contributed by atoms with van der Waals surface area (Å²) in [6.45, 7) is 0. The predicted molar refractivity (Wildman–Crippen MR) is 76.1 cm³/mol. The zero-order valence-electron chi connectivity index (χ0n) is 11.4. The number of carbonyl (C=O) groups excluding carboxylic acids is 1. The van der Waals surface area contributed by atoms with Gasteiger partial charge in [-0.3, -0.25) is 14.9 Å². The standard InChI is InChI=1S/C14H17N3O4/c15-14(19)8-1-4-12(13(5-8)17(20)21)16-9-2-3-10(16)7-11(18)6-9/h1,4-5,9-11,18H,2-3,6-7H2,(H2,15,19). The molecule has 2 fully saturated rings. The van der Waals surface area contributed by atoms with Gasteiger partial charge in [-0.05, 0) is 37.8 Å². The van der Waals surface area contributed by atoms with E-state index in [0.29, 0.717) is 18.5 Å². The van der Waals surface area contributed by atoms with Crippen LogP contribution >= 0.6 is 0 Å². The van der Waals surface area contributed by atoms with Gasteiger partial charge in [0.25, 0.3) is 5.69 Å². The lowest BCUT2D eigenvalue weighted by Gasteiger charge is -2.38. The molecule has 0 saturated carbocycles. The number of benzene rings is 1. The number of hydrogen-bond acceptors (Lipinski definition) is 5. The van der Waals surface area contributed by atoms with Crippen molar-refractivity contribution in [2.24, 2.45) is 5.73 Å². The Morgan fingerprint density at radius 3 is 2.48 bits per heavy atom. The molecule has 0 aliphatic carbocycles. The number of primary amides is 1. The van der Waals surface area contributed by atoms with Gasteiger partial charge in [0.15, 0.2) is 0 Å². The highest BCUT2D eigenvalue weighted by atomic mass is 16.6. The molecule has 2 atom stereocenters. The Labute approximate surface area is 121 Å². The number of aliphatic hydroxyl groups is 1. The average Bonchev–Trinajstić information content (AvgIpc) is 2.69. The monoisotopic (exact) mass is 291 g/mol. The molecule has 2 heterocycles. The lowest BCUT2D eigenvalue weighted by atomic mass is 9.98. The summed E-state index contributed by atoms with van der Waals surface area (Å²) in [7, 11) is 0. The van der Waals surface area contributed by atoms with Crippen LogP contribution in [0.2, 0.25) is 0 Å². The summed E-state index contributed by atoms with van der Waals surface area (Å²) in [4.78, 5) is 24.1. The van der Waals surface area contributed by atoms with Crippen LogP contribution in [0, 0.1) is 10.1 Å².